The molecule has 4 atom stereocenters. The van der Waals surface area contributed by atoms with Crippen LogP contribution in [0.3, 0.4) is 0 Å². The van der Waals surface area contributed by atoms with E-state index >= 15 is 0 Å². The largest absolute Gasteiger partial charge is 0.465 e. The molecule has 0 radical (unpaired) electrons. The van der Waals surface area contributed by atoms with Crippen molar-refractivity contribution in [2.45, 2.75) is 68.2 Å². The van der Waals surface area contributed by atoms with E-state index in [4.69, 9.17) is 5.26 Å². The fourth-order valence-electron chi connectivity index (χ4n) is 1.81. The van der Waals surface area contributed by atoms with Crippen LogP contribution in [0.15, 0.2) is 0 Å². The van der Waals surface area contributed by atoms with Crippen LogP contribution in [0, 0.1) is 0 Å². The molecule has 0 spiro atoms. The molecule has 0 heterocycles. The zero-order chi connectivity index (χ0) is 25.3. The molecule has 7 nitrogen and oxygen atoms in total. The van der Waals surface area contributed by atoms with Crippen LogP contribution in [0.4, 0.5) is 43.9 Å². The highest BCUT2D eigenvalue weighted by Gasteiger charge is 2.53. The van der Waals surface area contributed by atoms with Gasteiger partial charge in [-0.15, -0.1) is 4.33 Å². The number of alkyl halides is 10. The number of carbonyl (C=O) groups excluding carboxylic acids is 2. The van der Waals surface area contributed by atoms with Crippen molar-refractivity contribution < 1.29 is 77.6 Å². The summed E-state index contributed by atoms with van der Waals surface area (Å²) in [5.74, 6) is -13.4. The van der Waals surface area contributed by atoms with Gasteiger partial charge in [-0.3, -0.25) is 9.59 Å². The maximum Gasteiger partial charge on any atom is 0.341 e. The van der Waals surface area contributed by atoms with Gasteiger partial charge in [-0.05, 0) is 6.92 Å². The quantitative estimate of drug-likeness (QED) is 0.114. The van der Waals surface area contributed by atoms with Crippen molar-refractivity contribution in [3.63, 3.8) is 0 Å². The van der Waals surface area contributed by atoms with Crippen molar-refractivity contribution in [1.29, 1.82) is 0 Å². The fourth-order valence-corrected chi connectivity index (χ4v) is 2.29. The Morgan fingerprint density at radius 2 is 1.50 bits per heavy atom. The van der Waals surface area contributed by atoms with Crippen LogP contribution in [0.1, 0.15) is 19.8 Å². The Kier molecular flexibility index (Phi) is 12.6. The predicted molar refractivity (Wildman–Crippen MR) is 83.6 cm³/mol. The van der Waals surface area contributed by atoms with Crippen LogP contribution in [0.5, 0.6) is 0 Å². The van der Waals surface area contributed by atoms with Gasteiger partial charge in [-0.2, -0.15) is 17.6 Å². The molecule has 18 heteroatoms. The molecule has 0 amide bonds. The highest BCUT2D eigenvalue weighted by atomic mass is 32.2. The third kappa shape index (κ3) is 9.14. The van der Waals surface area contributed by atoms with Gasteiger partial charge < -0.3 is 9.47 Å². The Balaban J connectivity index is 4.90. The second-order valence-corrected chi connectivity index (χ2v) is 6.80. The normalized spacial score (nSPS) is 16.6. The Labute approximate surface area is 177 Å². The maximum atomic E-state index is 13.4. The lowest BCUT2D eigenvalue weighted by atomic mass is 10.1. The van der Waals surface area contributed by atoms with E-state index in [1.54, 1.807) is 0 Å². The van der Waals surface area contributed by atoms with Crippen LogP contribution in [0.25, 0.3) is 0 Å². The first-order valence-electron chi connectivity index (χ1n) is 8.18. The molecule has 32 heavy (non-hydrogen) atoms. The monoisotopic (exact) mass is 518 g/mol. The van der Waals surface area contributed by atoms with Crippen molar-refractivity contribution >= 4 is 24.0 Å². The Bertz CT molecular complexity index is 598. The summed E-state index contributed by atoms with van der Waals surface area (Å²) in [6, 6.07) is 0. The molecule has 0 aromatic rings. The van der Waals surface area contributed by atoms with E-state index in [2.05, 4.69) is 18.8 Å². The second-order valence-electron chi connectivity index (χ2n) is 5.90. The molecule has 1 N–H and O–H groups in total. The van der Waals surface area contributed by atoms with Gasteiger partial charge in [-0.1, -0.05) is 5.04 Å². The molecule has 190 valence electrons. The minimum absolute atomic E-state index is 0.198. The van der Waals surface area contributed by atoms with E-state index in [-0.39, 0.29) is 12.0 Å². The zero-order valence-electron chi connectivity index (χ0n) is 15.7. The van der Waals surface area contributed by atoms with E-state index in [1.807, 2.05) is 0 Å². The van der Waals surface area contributed by atoms with Gasteiger partial charge in [0.25, 0.3) is 0 Å². The summed E-state index contributed by atoms with van der Waals surface area (Å²) in [6.45, 7) is -0.699. The highest BCUT2D eigenvalue weighted by molar-refractivity contribution is 7.95. The molecule has 0 aliphatic heterocycles. The number of hydrogen-bond donors (Lipinski definition) is 1. The summed E-state index contributed by atoms with van der Waals surface area (Å²) in [5.41, 5.74) is 0. The van der Waals surface area contributed by atoms with Crippen molar-refractivity contribution in [3.05, 3.63) is 0 Å². The van der Waals surface area contributed by atoms with Crippen LogP contribution in [-0.2, 0) is 28.4 Å². The van der Waals surface area contributed by atoms with Gasteiger partial charge in [0.15, 0.2) is 6.17 Å². The highest BCUT2D eigenvalue weighted by Crippen LogP contribution is 2.33. The molecule has 0 saturated heterocycles. The lowest BCUT2D eigenvalue weighted by molar-refractivity contribution is -0.432. The molecule has 0 rings (SSSR count). The summed E-state index contributed by atoms with van der Waals surface area (Å²) in [4.78, 5) is 23.5. The lowest BCUT2D eigenvalue weighted by Gasteiger charge is -2.25. The summed E-state index contributed by atoms with van der Waals surface area (Å²) in [5, 5.41) is 9.26. The van der Waals surface area contributed by atoms with Gasteiger partial charge in [0, 0.05) is 6.42 Å². The van der Waals surface area contributed by atoms with Crippen LogP contribution in [0.2, 0.25) is 0 Å². The van der Waals surface area contributed by atoms with E-state index in [0.717, 1.165) is 0 Å². The van der Waals surface area contributed by atoms with Gasteiger partial charge >= 0.3 is 36.6 Å². The topological polar surface area (TPSA) is 91.3 Å². The number of ether oxygens (including phenoxy) is 2. The van der Waals surface area contributed by atoms with Crippen molar-refractivity contribution in [2.75, 3.05) is 6.61 Å². The Morgan fingerprint density at radius 1 is 0.969 bits per heavy atom. The molecule has 0 fully saturated rings. The number of rotatable bonds is 15. The molecule has 0 bridgehead atoms. The number of esters is 2. The summed E-state index contributed by atoms with van der Waals surface area (Å²) < 4.78 is 139. The van der Waals surface area contributed by atoms with E-state index in [0.29, 0.717) is 6.92 Å². The van der Waals surface area contributed by atoms with E-state index in [1.165, 1.54) is 0 Å². The Hall–Kier alpha value is -1.53. The first kappa shape index (κ1) is 30.5. The average molecular weight is 518 g/mol. The third-order valence-electron chi connectivity index (χ3n) is 3.51. The molecular formula is C14H16F10O7S. The SMILES string of the molecule is CC(OC(=O)CC(SOOO)C(=O)OCCC(F)C(F)(F)C(F)F)C(F)C(F)(F)C(F)F. The van der Waals surface area contributed by atoms with Gasteiger partial charge in [0.1, 0.15) is 11.4 Å². The van der Waals surface area contributed by atoms with E-state index in [9.17, 15) is 53.5 Å². The lowest BCUT2D eigenvalue weighted by Crippen LogP contribution is -2.45. The second kappa shape index (κ2) is 13.2. The molecule has 0 aromatic heterocycles. The molecule has 0 aliphatic carbocycles. The first-order valence-corrected chi connectivity index (χ1v) is 8.99. The Morgan fingerprint density at radius 3 is 1.97 bits per heavy atom. The standard InChI is InChI=1S/C14H16F10O7S/c1-5(9(16)14(23,24)12(19)20)29-8(25)4-6(32-31-30-27)10(26)28-3-2-7(15)13(21,22)11(17)18/h5-7,9,11-12,27H,2-4H2,1H3. The van der Waals surface area contributed by atoms with E-state index < -0.39 is 79.8 Å². The van der Waals surface area contributed by atoms with Crippen molar-refractivity contribution in [3.8, 4) is 0 Å². The van der Waals surface area contributed by atoms with Crippen LogP contribution in [-0.4, -0.2) is 72.2 Å². The molecule has 4 unspecified atom stereocenters. The summed E-state index contributed by atoms with van der Waals surface area (Å²) in [6.07, 6.45) is -20.9. The average Bonchev–Trinajstić information content (AvgIpc) is 2.69. The number of carbonyl (C=O) groups is 2. The van der Waals surface area contributed by atoms with Crippen LogP contribution < -0.4 is 0 Å². The van der Waals surface area contributed by atoms with Gasteiger partial charge in [-0.25, -0.2) is 31.6 Å². The van der Waals surface area contributed by atoms with Crippen molar-refractivity contribution in [1.82, 2.24) is 0 Å². The predicted octanol–water partition coefficient (Wildman–Crippen LogP) is 4.16. The van der Waals surface area contributed by atoms with Gasteiger partial charge in [0.05, 0.1) is 25.1 Å². The maximum absolute atomic E-state index is 13.4. The van der Waals surface area contributed by atoms with Crippen LogP contribution >= 0.6 is 12.0 Å². The summed E-state index contributed by atoms with van der Waals surface area (Å²) in [7, 11) is 0. The number of hydrogen-bond acceptors (Lipinski definition) is 8. The van der Waals surface area contributed by atoms with Gasteiger partial charge in [0.2, 0.25) is 6.17 Å². The van der Waals surface area contributed by atoms with Crippen molar-refractivity contribution in [2.24, 2.45) is 0 Å². The third-order valence-corrected chi connectivity index (χ3v) is 4.24. The summed E-state index contributed by atoms with van der Waals surface area (Å²) >= 11 is -0.198. The minimum Gasteiger partial charge on any atom is -0.465 e. The fraction of sp³-hybridized carbons (Fsp3) is 0.857. The molecule has 0 aromatic carbocycles. The number of halogens is 10. The smallest absolute Gasteiger partial charge is 0.341 e. The molecule has 0 aliphatic rings. The molecular weight excluding hydrogens is 502 g/mol. The molecule has 0 saturated carbocycles. The zero-order valence-corrected chi connectivity index (χ0v) is 16.5. The minimum atomic E-state index is -5.18. The first-order chi connectivity index (χ1) is 14.6.